The van der Waals surface area contributed by atoms with E-state index in [1.807, 2.05) is 63.2 Å². The quantitative estimate of drug-likeness (QED) is 0.451. The van der Waals surface area contributed by atoms with E-state index in [4.69, 9.17) is 0 Å². The molecule has 0 fully saturated rings. The minimum Gasteiger partial charge on any atom is -0.352 e. The minimum absolute atomic E-state index is 0.0221. The van der Waals surface area contributed by atoms with Crippen LogP contribution >= 0.6 is 0 Å². The standard InChI is InChI=1S/C27H39N3O4S/c1-6-22(3)28-27(32)23(4)29(20-18-24-11-8-7-9-12-24)26(31)13-10-19-30(35(5,33)34)25-16-14-21(2)15-17-25/h7-9,11-12,14-17,22-23H,6,10,13,18-20H2,1-5H3,(H,28,32). The molecule has 0 spiro atoms. The van der Waals surface area contributed by atoms with Gasteiger partial charge in [0.15, 0.2) is 0 Å². The normalized spacial score (nSPS) is 13.1. The number of hydrogen-bond acceptors (Lipinski definition) is 4. The van der Waals surface area contributed by atoms with Crippen LogP contribution in [0.3, 0.4) is 0 Å². The molecule has 1 N–H and O–H groups in total. The van der Waals surface area contributed by atoms with Crippen LogP contribution in [0.4, 0.5) is 5.69 Å². The summed E-state index contributed by atoms with van der Waals surface area (Å²) in [5, 5.41) is 2.96. The van der Waals surface area contributed by atoms with Gasteiger partial charge in [0, 0.05) is 25.6 Å². The van der Waals surface area contributed by atoms with Gasteiger partial charge in [-0.3, -0.25) is 13.9 Å². The summed E-state index contributed by atoms with van der Waals surface area (Å²) in [4.78, 5) is 27.7. The number of aryl methyl sites for hydroxylation is 1. The molecule has 2 rings (SSSR count). The van der Waals surface area contributed by atoms with E-state index in [0.717, 1.165) is 17.5 Å². The number of benzene rings is 2. The van der Waals surface area contributed by atoms with Crippen molar-refractivity contribution >= 4 is 27.5 Å². The van der Waals surface area contributed by atoms with Crippen molar-refractivity contribution in [1.82, 2.24) is 10.2 Å². The summed E-state index contributed by atoms with van der Waals surface area (Å²) in [5.74, 6) is -0.344. The zero-order chi connectivity index (χ0) is 26.0. The second-order valence-corrected chi connectivity index (χ2v) is 11.0. The Morgan fingerprint density at radius 3 is 2.17 bits per heavy atom. The number of anilines is 1. The summed E-state index contributed by atoms with van der Waals surface area (Å²) in [6.07, 6.45) is 3.10. The fraction of sp³-hybridized carbons (Fsp3) is 0.481. The van der Waals surface area contributed by atoms with Gasteiger partial charge < -0.3 is 10.2 Å². The molecule has 0 radical (unpaired) electrons. The largest absolute Gasteiger partial charge is 0.352 e. The number of sulfonamides is 1. The smallest absolute Gasteiger partial charge is 0.242 e. The fourth-order valence-corrected chi connectivity index (χ4v) is 4.72. The maximum atomic E-state index is 13.3. The zero-order valence-electron chi connectivity index (χ0n) is 21.5. The van der Waals surface area contributed by atoms with E-state index in [1.54, 1.807) is 24.0 Å². The molecule has 0 saturated carbocycles. The van der Waals surface area contributed by atoms with E-state index >= 15 is 0 Å². The molecule has 35 heavy (non-hydrogen) atoms. The second-order valence-electron chi connectivity index (χ2n) is 9.09. The third kappa shape index (κ3) is 9.02. The van der Waals surface area contributed by atoms with Gasteiger partial charge in [0.1, 0.15) is 6.04 Å². The molecule has 2 atom stereocenters. The summed E-state index contributed by atoms with van der Waals surface area (Å²) in [5.41, 5.74) is 2.70. The lowest BCUT2D eigenvalue weighted by atomic mass is 10.1. The molecule has 0 bridgehead atoms. The Morgan fingerprint density at radius 1 is 0.971 bits per heavy atom. The maximum Gasteiger partial charge on any atom is 0.242 e. The van der Waals surface area contributed by atoms with E-state index < -0.39 is 16.1 Å². The van der Waals surface area contributed by atoms with E-state index in [9.17, 15) is 18.0 Å². The molecule has 2 aromatic carbocycles. The molecule has 0 aliphatic rings. The van der Waals surface area contributed by atoms with Crippen LogP contribution in [0.15, 0.2) is 54.6 Å². The lowest BCUT2D eigenvalue weighted by molar-refractivity contribution is -0.140. The van der Waals surface area contributed by atoms with Gasteiger partial charge in [0.2, 0.25) is 21.8 Å². The number of nitrogens with one attached hydrogen (secondary N) is 1. The average molecular weight is 502 g/mol. The number of hydrogen-bond donors (Lipinski definition) is 1. The highest BCUT2D eigenvalue weighted by atomic mass is 32.2. The van der Waals surface area contributed by atoms with Crippen LogP contribution in [-0.4, -0.2) is 56.6 Å². The Labute approximate surface area is 210 Å². The van der Waals surface area contributed by atoms with Gasteiger partial charge in [-0.05, 0) is 57.7 Å². The molecular weight excluding hydrogens is 462 g/mol. The highest BCUT2D eigenvalue weighted by Gasteiger charge is 2.26. The Hall–Kier alpha value is -2.87. The van der Waals surface area contributed by atoms with Gasteiger partial charge in [0.25, 0.3) is 0 Å². The van der Waals surface area contributed by atoms with Crippen molar-refractivity contribution in [3.8, 4) is 0 Å². The minimum atomic E-state index is -3.50. The van der Waals surface area contributed by atoms with Gasteiger partial charge >= 0.3 is 0 Å². The van der Waals surface area contributed by atoms with Crippen molar-refractivity contribution in [2.45, 2.75) is 65.5 Å². The molecule has 0 aromatic heterocycles. The van der Waals surface area contributed by atoms with Crippen LogP contribution in [0.1, 0.15) is 51.2 Å². The first-order chi connectivity index (χ1) is 16.5. The molecule has 2 aromatic rings. The first kappa shape index (κ1) is 28.4. The number of carbonyl (C=O) groups is 2. The molecule has 2 amide bonds. The van der Waals surface area contributed by atoms with Crippen molar-refractivity contribution in [2.75, 3.05) is 23.7 Å². The van der Waals surface area contributed by atoms with E-state index in [0.29, 0.717) is 25.1 Å². The maximum absolute atomic E-state index is 13.3. The topological polar surface area (TPSA) is 86.8 Å². The number of amides is 2. The van der Waals surface area contributed by atoms with E-state index in [1.165, 1.54) is 10.6 Å². The second kappa shape index (κ2) is 13.3. The monoisotopic (exact) mass is 501 g/mol. The predicted molar refractivity (Wildman–Crippen MR) is 142 cm³/mol. The van der Waals surface area contributed by atoms with Crippen LogP contribution < -0.4 is 9.62 Å². The SMILES string of the molecule is CCC(C)NC(=O)C(C)N(CCc1ccccc1)C(=O)CCCN(c1ccc(C)cc1)S(C)(=O)=O. The van der Waals surface area contributed by atoms with Crippen molar-refractivity contribution in [3.63, 3.8) is 0 Å². The number of rotatable bonds is 13. The van der Waals surface area contributed by atoms with Crippen molar-refractivity contribution in [1.29, 1.82) is 0 Å². The zero-order valence-corrected chi connectivity index (χ0v) is 22.3. The Bertz CT molecular complexity index is 1060. The van der Waals surface area contributed by atoms with Crippen LogP contribution in [0.2, 0.25) is 0 Å². The highest BCUT2D eigenvalue weighted by Crippen LogP contribution is 2.19. The van der Waals surface area contributed by atoms with Crippen molar-refractivity contribution < 1.29 is 18.0 Å². The first-order valence-corrected chi connectivity index (χ1v) is 14.1. The lowest BCUT2D eigenvalue weighted by Gasteiger charge is -2.30. The summed E-state index contributed by atoms with van der Waals surface area (Å²) in [7, 11) is -3.50. The molecule has 7 nitrogen and oxygen atoms in total. The van der Waals surface area contributed by atoms with Crippen LogP contribution in [-0.2, 0) is 26.0 Å². The van der Waals surface area contributed by atoms with Gasteiger partial charge in [-0.15, -0.1) is 0 Å². The summed E-state index contributed by atoms with van der Waals surface area (Å²) < 4.78 is 26.1. The van der Waals surface area contributed by atoms with Gasteiger partial charge in [-0.25, -0.2) is 8.42 Å². The van der Waals surface area contributed by atoms with E-state index in [2.05, 4.69) is 5.32 Å². The summed E-state index contributed by atoms with van der Waals surface area (Å²) in [6.45, 7) is 8.21. The molecular formula is C27H39N3O4S. The predicted octanol–water partition coefficient (Wildman–Crippen LogP) is 3.92. The van der Waals surface area contributed by atoms with Crippen molar-refractivity contribution in [2.24, 2.45) is 0 Å². The Balaban J connectivity index is 2.10. The molecule has 0 aliphatic carbocycles. The van der Waals surface area contributed by atoms with E-state index in [-0.39, 0.29) is 30.8 Å². The molecule has 0 saturated heterocycles. The number of nitrogens with zero attached hydrogens (tertiary/aromatic N) is 2. The molecule has 0 aliphatic heterocycles. The van der Waals surface area contributed by atoms with Crippen LogP contribution in [0.25, 0.3) is 0 Å². The van der Waals surface area contributed by atoms with Crippen molar-refractivity contribution in [3.05, 3.63) is 65.7 Å². The molecule has 192 valence electrons. The fourth-order valence-electron chi connectivity index (χ4n) is 3.75. The first-order valence-electron chi connectivity index (χ1n) is 12.2. The Kier molecular flexibility index (Phi) is 10.8. The summed E-state index contributed by atoms with van der Waals surface area (Å²) >= 11 is 0. The Morgan fingerprint density at radius 2 is 1.60 bits per heavy atom. The van der Waals surface area contributed by atoms with Crippen LogP contribution in [0.5, 0.6) is 0 Å². The highest BCUT2D eigenvalue weighted by molar-refractivity contribution is 7.92. The third-order valence-electron chi connectivity index (χ3n) is 6.13. The average Bonchev–Trinajstić information content (AvgIpc) is 2.82. The molecule has 8 heteroatoms. The summed E-state index contributed by atoms with van der Waals surface area (Å²) in [6, 6.07) is 16.5. The van der Waals surface area contributed by atoms with Crippen LogP contribution in [0, 0.1) is 6.92 Å². The molecule has 2 unspecified atom stereocenters. The van der Waals surface area contributed by atoms with Gasteiger partial charge in [0.05, 0.1) is 11.9 Å². The number of carbonyl (C=O) groups excluding carboxylic acids is 2. The van der Waals surface area contributed by atoms with Gasteiger partial charge in [-0.2, -0.15) is 0 Å². The molecule has 0 heterocycles. The lowest BCUT2D eigenvalue weighted by Crippen LogP contribution is -2.50. The third-order valence-corrected chi connectivity index (χ3v) is 7.32. The van der Waals surface area contributed by atoms with Gasteiger partial charge in [-0.1, -0.05) is 55.0 Å².